The molecule has 0 saturated heterocycles. The summed E-state index contributed by atoms with van der Waals surface area (Å²) in [6.45, 7) is 2.83. The first-order chi connectivity index (χ1) is 8.20. The van der Waals surface area contributed by atoms with Crippen LogP contribution in [0.15, 0.2) is 6.07 Å². The molecule has 0 bridgehead atoms. The molecule has 100 valence electrons. The molecule has 0 saturated carbocycles. The topological polar surface area (TPSA) is 75.1 Å². The average Bonchev–Trinajstić information content (AvgIpc) is 2.24. The van der Waals surface area contributed by atoms with Gasteiger partial charge in [-0.15, -0.1) is 0 Å². The maximum atomic E-state index is 12.6. The number of hydrogen-bond acceptors (Lipinski definition) is 4. The molecule has 0 amide bonds. The van der Waals surface area contributed by atoms with Gasteiger partial charge in [-0.2, -0.15) is 13.2 Å². The summed E-state index contributed by atoms with van der Waals surface area (Å²) in [6.07, 6.45) is -4.59. The lowest BCUT2D eigenvalue weighted by Gasteiger charge is -2.12. The number of hydrogen-bond donors (Lipinski definition) is 2. The quantitative estimate of drug-likeness (QED) is 0.870. The SMILES string of the molecule is CC(C)c1cc(C(F)(F)F)nc(NCC(=O)O)n1. The van der Waals surface area contributed by atoms with E-state index in [0.717, 1.165) is 6.07 Å². The van der Waals surface area contributed by atoms with Crippen LogP contribution in [0.3, 0.4) is 0 Å². The highest BCUT2D eigenvalue weighted by Crippen LogP contribution is 2.29. The molecule has 1 aromatic rings. The molecule has 0 aromatic carbocycles. The number of aliphatic carboxylic acids is 1. The van der Waals surface area contributed by atoms with Gasteiger partial charge in [0.1, 0.15) is 12.2 Å². The third-order valence-corrected chi connectivity index (χ3v) is 2.03. The summed E-state index contributed by atoms with van der Waals surface area (Å²) in [5, 5.41) is 10.7. The molecule has 1 heterocycles. The first-order valence-corrected chi connectivity index (χ1v) is 5.12. The first kappa shape index (κ1) is 14.2. The van der Waals surface area contributed by atoms with Gasteiger partial charge < -0.3 is 10.4 Å². The second-order valence-corrected chi connectivity index (χ2v) is 3.90. The Morgan fingerprint density at radius 2 is 2.06 bits per heavy atom. The molecule has 0 unspecified atom stereocenters. The van der Waals surface area contributed by atoms with Gasteiger partial charge in [-0.1, -0.05) is 13.8 Å². The number of nitrogens with one attached hydrogen (secondary N) is 1. The van der Waals surface area contributed by atoms with Gasteiger partial charge in [-0.3, -0.25) is 4.79 Å². The van der Waals surface area contributed by atoms with E-state index in [2.05, 4.69) is 15.3 Å². The lowest BCUT2D eigenvalue weighted by Crippen LogP contribution is -2.18. The number of carboxylic acid groups (broad SMARTS) is 1. The van der Waals surface area contributed by atoms with E-state index in [0.29, 0.717) is 0 Å². The van der Waals surface area contributed by atoms with Crippen molar-refractivity contribution in [1.82, 2.24) is 9.97 Å². The molecule has 0 spiro atoms. The molecule has 0 radical (unpaired) electrons. The summed E-state index contributed by atoms with van der Waals surface area (Å²) in [5.41, 5.74) is -0.890. The molecule has 1 rings (SSSR count). The highest BCUT2D eigenvalue weighted by molar-refractivity contribution is 5.71. The van der Waals surface area contributed by atoms with Crippen LogP contribution in [-0.4, -0.2) is 27.6 Å². The number of alkyl halides is 3. The van der Waals surface area contributed by atoms with Crippen LogP contribution in [0.4, 0.5) is 19.1 Å². The molecule has 0 aliphatic carbocycles. The van der Waals surface area contributed by atoms with E-state index in [1.54, 1.807) is 13.8 Å². The van der Waals surface area contributed by atoms with Crippen LogP contribution < -0.4 is 5.32 Å². The third kappa shape index (κ3) is 3.86. The van der Waals surface area contributed by atoms with Gasteiger partial charge in [-0.25, -0.2) is 9.97 Å². The number of rotatable bonds is 4. The van der Waals surface area contributed by atoms with Gasteiger partial charge in [-0.05, 0) is 12.0 Å². The van der Waals surface area contributed by atoms with E-state index < -0.39 is 24.4 Å². The van der Waals surface area contributed by atoms with E-state index in [1.807, 2.05) is 0 Å². The maximum Gasteiger partial charge on any atom is 0.433 e. The third-order valence-electron chi connectivity index (χ3n) is 2.03. The number of nitrogens with zero attached hydrogens (tertiary/aromatic N) is 2. The van der Waals surface area contributed by atoms with Crippen molar-refractivity contribution < 1.29 is 23.1 Å². The minimum absolute atomic E-state index is 0.199. The van der Waals surface area contributed by atoms with Gasteiger partial charge in [0.15, 0.2) is 0 Å². The van der Waals surface area contributed by atoms with E-state index >= 15 is 0 Å². The van der Waals surface area contributed by atoms with Crippen molar-refractivity contribution in [2.45, 2.75) is 25.9 Å². The second-order valence-electron chi connectivity index (χ2n) is 3.90. The first-order valence-electron chi connectivity index (χ1n) is 5.12. The minimum atomic E-state index is -4.59. The van der Waals surface area contributed by atoms with Gasteiger partial charge in [0.05, 0.1) is 0 Å². The van der Waals surface area contributed by atoms with Crippen molar-refractivity contribution in [3.63, 3.8) is 0 Å². The Morgan fingerprint density at radius 3 is 2.50 bits per heavy atom. The van der Waals surface area contributed by atoms with Crippen molar-refractivity contribution in [1.29, 1.82) is 0 Å². The van der Waals surface area contributed by atoms with Crippen molar-refractivity contribution in [2.75, 3.05) is 11.9 Å². The van der Waals surface area contributed by atoms with Crippen LogP contribution >= 0.6 is 0 Å². The predicted octanol–water partition coefficient (Wildman–Crippen LogP) is 2.12. The summed E-state index contributed by atoms with van der Waals surface area (Å²) < 4.78 is 37.7. The Morgan fingerprint density at radius 1 is 1.44 bits per heavy atom. The highest BCUT2D eigenvalue weighted by atomic mass is 19.4. The monoisotopic (exact) mass is 263 g/mol. The van der Waals surface area contributed by atoms with E-state index in [-0.39, 0.29) is 17.6 Å². The van der Waals surface area contributed by atoms with Gasteiger partial charge in [0.25, 0.3) is 0 Å². The summed E-state index contributed by atoms with van der Waals surface area (Å²) in [4.78, 5) is 17.4. The molecule has 0 fully saturated rings. The van der Waals surface area contributed by atoms with Gasteiger partial charge in [0.2, 0.25) is 5.95 Å². The van der Waals surface area contributed by atoms with Crippen LogP contribution in [0.2, 0.25) is 0 Å². The minimum Gasteiger partial charge on any atom is -0.480 e. The second kappa shape index (κ2) is 5.19. The summed E-state index contributed by atoms with van der Waals surface area (Å²) in [5.74, 6) is -1.77. The van der Waals surface area contributed by atoms with E-state index in [1.165, 1.54) is 0 Å². The summed E-state index contributed by atoms with van der Waals surface area (Å²) in [7, 11) is 0. The predicted molar refractivity (Wildman–Crippen MR) is 57.2 cm³/mol. The largest absolute Gasteiger partial charge is 0.480 e. The zero-order valence-electron chi connectivity index (χ0n) is 9.75. The molecule has 0 aliphatic rings. The Bertz CT molecular complexity index is 446. The Hall–Kier alpha value is -1.86. The number of carboxylic acids is 1. The lowest BCUT2D eigenvalue weighted by atomic mass is 10.1. The molecule has 0 atom stereocenters. The fourth-order valence-electron chi connectivity index (χ4n) is 1.14. The molecule has 2 N–H and O–H groups in total. The molecule has 5 nitrogen and oxygen atoms in total. The van der Waals surface area contributed by atoms with Crippen molar-refractivity contribution in [3.8, 4) is 0 Å². The van der Waals surface area contributed by atoms with Crippen LogP contribution in [-0.2, 0) is 11.0 Å². The molecular formula is C10H12F3N3O2. The van der Waals surface area contributed by atoms with Crippen LogP contribution in [0.1, 0.15) is 31.2 Å². The summed E-state index contributed by atoms with van der Waals surface area (Å²) >= 11 is 0. The van der Waals surface area contributed by atoms with Crippen LogP contribution in [0, 0.1) is 0 Å². The van der Waals surface area contributed by atoms with Crippen LogP contribution in [0.5, 0.6) is 0 Å². The summed E-state index contributed by atoms with van der Waals surface area (Å²) in [6, 6.07) is 0.858. The Kier molecular flexibility index (Phi) is 4.10. The average molecular weight is 263 g/mol. The fraction of sp³-hybridized carbons (Fsp3) is 0.500. The van der Waals surface area contributed by atoms with E-state index in [4.69, 9.17) is 5.11 Å². The molecule has 1 aromatic heterocycles. The van der Waals surface area contributed by atoms with Crippen molar-refractivity contribution in [3.05, 3.63) is 17.5 Å². The number of aromatic nitrogens is 2. The standard InChI is InChI=1S/C10H12F3N3O2/c1-5(2)6-3-7(10(11,12)13)16-9(15-6)14-4-8(17)18/h3,5H,4H2,1-2H3,(H,17,18)(H,14,15,16). The fourth-order valence-corrected chi connectivity index (χ4v) is 1.14. The normalized spacial score (nSPS) is 11.7. The zero-order chi connectivity index (χ0) is 13.9. The van der Waals surface area contributed by atoms with Crippen molar-refractivity contribution >= 4 is 11.9 Å². The highest BCUT2D eigenvalue weighted by Gasteiger charge is 2.33. The number of halogens is 3. The van der Waals surface area contributed by atoms with Gasteiger partial charge >= 0.3 is 12.1 Å². The number of anilines is 1. The van der Waals surface area contributed by atoms with E-state index in [9.17, 15) is 18.0 Å². The Labute approximate surface area is 101 Å². The van der Waals surface area contributed by atoms with Gasteiger partial charge in [0, 0.05) is 5.69 Å². The maximum absolute atomic E-state index is 12.6. The molecular weight excluding hydrogens is 251 g/mol. The Balaban J connectivity index is 3.10. The molecule has 8 heteroatoms. The lowest BCUT2D eigenvalue weighted by molar-refractivity contribution is -0.141. The molecule has 18 heavy (non-hydrogen) atoms. The van der Waals surface area contributed by atoms with Crippen molar-refractivity contribution in [2.24, 2.45) is 0 Å². The zero-order valence-corrected chi connectivity index (χ0v) is 9.75. The van der Waals surface area contributed by atoms with Crippen LogP contribution in [0.25, 0.3) is 0 Å². The number of carbonyl (C=O) groups is 1. The molecule has 0 aliphatic heterocycles. The smallest absolute Gasteiger partial charge is 0.433 e.